The maximum absolute atomic E-state index is 13.5. The molecule has 2 amide bonds. The Morgan fingerprint density at radius 3 is 2.46 bits per heavy atom. The number of para-hydroxylation sites is 2. The lowest BCUT2D eigenvalue weighted by Gasteiger charge is -2.22. The molecule has 4 N–H and O–H groups in total. The summed E-state index contributed by atoms with van der Waals surface area (Å²) >= 11 is 0. The molecule has 0 fully saturated rings. The van der Waals surface area contributed by atoms with Crippen LogP contribution in [-0.2, 0) is 4.79 Å². The van der Waals surface area contributed by atoms with Crippen molar-refractivity contribution in [2.75, 3.05) is 11.9 Å². The topological polar surface area (TPSA) is 144 Å². The number of anilines is 1. The van der Waals surface area contributed by atoms with Crippen molar-refractivity contribution in [3.05, 3.63) is 95.3 Å². The molecule has 0 bridgehead atoms. The highest BCUT2D eigenvalue weighted by molar-refractivity contribution is 6.10. The molecule has 2 aromatic carbocycles. The first-order valence-electron chi connectivity index (χ1n) is 12.8. The van der Waals surface area contributed by atoms with Gasteiger partial charge in [0.25, 0.3) is 5.91 Å². The summed E-state index contributed by atoms with van der Waals surface area (Å²) in [4.78, 5) is 47.2. The van der Waals surface area contributed by atoms with Gasteiger partial charge in [-0.3, -0.25) is 14.6 Å². The predicted octanol–water partition coefficient (Wildman–Crippen LogP) is 5.16. The van der Waals surface area contributed by atoms with Crippen LogP contribution in [0, 0.1) is 0 Å². The van der Waals surface area contributed by atoms with Gasteiger partial charge in [0.15, 0.2) is 0 Å². The van der Waals surface area contributed by atoms with Gasteiger partial charge in [0.05, 0.1) is 17.7 Å². The number of carboxylic acids is 1. The van der Waals surface area contributed by atoms with Crippen molar-refractivity contribution < 1.29 is 24.2 Å². The summed E-state index contributed by atoms with van der Waals surface area (Å²) in [5.41, 5.74) is 6.82. The quantitative estimate of drug-likeness (QED) is 0.216. The standard InChI is InChI=1S/C30H30N4O5/c1-2-3-10-17-39-24-15-7-5-12-20(24)29(36)34-28-27(30(37)38)26(19-11-4-6-14-23(19)33-28)21(18-25(31)35)22-13-8-9-16-32-22/h4-9,11-16,21H,2-3,10,17-18H2,1H3,(H2,31,35)(H,37,38)(H,33,34,36). The van der Waals surface area contributed by atoms with Crippen LogP contribution in [-0.4, -0.2) is 39.5 Å². The maximum Gasteiger partial charge on any atom is 0.339 e. The monoisotopic (exact) mass is 526 g/mol. The molecular formula is C30H30N4O5. The Morgan fingerprint density at radius 2 is 1.74 bits per heavy atom. The van der Waals surface area contributed by atoms with E-state index in [1.807, 2.05) is 0 Å². The van der Waals surface area contributed by atoms with E-state index in [0.29, 0.717) is 34.5 Å². The zero-order chi connectivity index (χ0) is 27.8. The smallest absolute Gasteiger partial charge is 0.339 e. The van der Waals surface area contributed by atoms with Gasteiger partial charge in [-0.15, -0.1) is 0 Å². The van der Waals surface area contributed by atoms with E-state index in [-0.39, 0.29) is 23.4 Å². The van der Waals surface area contributed by atoms with E-state index in [2.05, 4.69) is 22.2 Å². The summed E-state index contributed by atoms with van der Waals surface area (Å²) in [6.07, 6.45) is 4.26. The Labute approximate surface area is 226 Å². The fraction of sp³-hybridized carbons (Fsp3) is 0.233. The van der Waals surface area contributed by atoms with Crippen LogP contribution in [0.1, 0.15) is 70.5 Å². The number of pyridine rings is 2. The molecule has 2 heterocycles. The Balaban J connectivity index is 1.84. The minimum atomic E-state index is -1.31. The van der Waals surface area contributed by atoms with Crippen molar-refractivity contribution >= 4 is 34.5 Å². The van der Waals surface area contributed by atoms with Crippen molar-refractivity contribution in [3.63, 3.8) is 0 Å². The number of amides is 2. The summed E-state index contributed by atoms with van der Waals surface area (Å²) in [6.45, 7) is 2.55. The summed E-state index contributed by atoms with van der Waals surface area (Å²) in [7, 11) is 0. The van der Waals surface area contributed by atoms with E-state index in [4.69, 9.17) is 10.5 Å². The molecule has 9 nitrogen and oxygen atoms in total. The number of nitrogens with zero attached hydrogens (tertiary/aromatic N) is 2. The molecule has 0 aliphatic rings. The van der Waals surface area contributed by atoms with Crippen molar-refractivity contribution in [3.8, 4) is 5.75 Å². The van der Waals surface area contributed by atoms with Crippen molar-refractivity contribution in [1.29, 1.82) is 0 Å². The normalized spacial score (nSPS) is 11.6. The number of benzene rings is 2. The molecule has 0 radical (unpaired) electrons. The van der Waals surface area contributed by atoms with Gasteiger partial charge in [0.2, 0.25) is 5.91 Å². The minimum Gasteiger partial charge on any atom is -0.493 e. The maximum atomic E-state index is 13.5. The highest BCUT2D eigenvalue weighted by Crippen LogP contribution is 2.37. The van der Waals surface area contributed by atoms with Gasteiger partial charge in [0, 0.05) is 29.6 Å². The Bertz CT molecular complexity index is 1490. The van der Waals surface area contributed by atoms with Gasteiger partial charge >= 0.3 is 5.97 Å². The Hall–Kier alpha value is -4.79. The number of unbranched alkanes of at least 4 members (excludes halogenated alkanes) is 2. The number of carbonyl (C=O) groups excluding carboxylic acids is 2. The number of hydrogen-bond acceptors (Lipinski definition) is 6. The Morgan fingerprint density at radius 1 is 1.00 bits per heavy atom. The predicted molar refractivity (Wildman–Crippen MR) is 148 cm³/mol. The van der Waals surface area contributed by atoms with Crippen LogP contribution in [0.25, 0.3) is 10.9 Å². The highest BCUT2D eigenvalue weighted by atomic mass is 16.5. The fourth-order valence-electron chi connectivity index (χ4n) is 4.53. The van der Waals surface area contributed by atoms with Crippen LogP contribution < -0.4 is 15.8 Å². The van der Waals surface area contributed by atoms with Crippen LogP contribution >= 0.6 is 0 Å². The number of hydrogen-bond donors (Lipinski definition) is 3. The molecule has 4 aromatic rings. The number of nitrogens with one attached hydrogen (secondary N) is 1. The number of fused-ring (bicyclic) bond motifs is 1. The third-order valence-electron chi connectivity index (χ3n) is 6.31. The average Bonchev–Trinajstić information content (AvgIpc) is 2.94. The molecule has 9 heteroatoms. The third kappa shape index (κ3) is 6.38. The largest absolute Gasteiger partial charge is 0.493 e. The van der Waals surface area contributed by atoms with E-state index in [1.54, 1.807) is 72.9 Å². The van der Waals surface area contributed by atoms with Gasteiger partial charge in [0.1, 0.15) is 17.1 Å². The number of carbonyl (C=O) groups is 3. The molecule has 39 heavy (non-hydrogen) atoms. The zero-order valence-electron chi connectivity index (χ0n) is 21.6. The first-order valence-corrected chi connectivity index (χ1v) is 12.8. The number of nitrogens with two attached hydrogens (primary N) is 1. The van der Waals surface area contributed by atoms with Crippen molar-refractivity contribution in [2.24, 2.45) is 5.73 Å². The lowest BCUT2D eigenvalue weighted by Crippen LogP contribution is -2.22. The first kappa shape index (κ1) is 27.3. The molecule has 200 valence electrons. The fourth-order valence-corrected chi connectivity index (χ4v) is 4.53. The highest BCUT2D eigenvalue weighted by Gasteiger charge is 2.30. The molecule has 0 aliphatic heterocycles. The molecule has 0 saturated heterocycles. The molecule has 0 spiro atoms. The number of primary amides is 1. The van der Waals surface area contributed by atoms with Gasteiger partial charge in [-0.25, -0.2) is 9.78 Å². The van der Waals surface area contributed by atoms with E-state index in [9.17, 15) is 19.5 Å². The van der Waals surface area contributed by atoms with Crippen LogP contribution in [0.3, 0.4) is 0 Å². The molecule has 2 aromatic heterocycles. The second kappa shape index (κ2) is 12.6. The zero-order valence-corrected chi connectivity index (χ0v) is 21.6. The molecule has 1 unspecified atom stereocenters. The summed E-state index contributed by atoms with van der Waals surface area (Å²) in [5, 5.41) is 13.6. The molecule has 4 rings (SSSR count). The molecule has 0 saturated carbocycles. The van der Waals surface area contributed by atoms with Crippen molar-refractivity contribution in [1.82, 2.24) is 9.97 Å². The second-order valence-corrected chi connectivity index (χ2v) is 9.05. The lowest BCUT2D eigenvalue weighted by atomic mass is 9.85. The van der Waals surface area contributed by atoms with E-state index >= 15 is 0 Å². The van der Waals surface area contributed by atoms with Gasteiger partial charge in [-0.1, -0.05) is 56.2 Å². The molecular weight excluding hydrogens is 496 g/mol. The minimum absolute atomic E-state index is 0.146. The average molecular weight is 527 g/mol. The molecule has 0 aliphatic carbocycles. The van der Waals surface area contributed by atoms with E-state index in [0.717, 1.165) is 19.3 Å². The number of aromatic carboxylic acids is 1. The summed E-state index contributed by atoms with van der Waals surface area (Å²) < 4.78 is 5.85. The second-order valence-electron chi connectivity index (χ2n) is 9.05. The van der Waals surface area contributed by atoms with Crippen LogP contribution in [0.4, 0.5) is 5.82 Å². The summed E-state index contributed by atoms with van der Waals surface area (Å²) in [5.74, 6) is -3.04. The number of ether oxygens (including phenoxy) is 1. The number of carboxylic acid groups (broad SMARTS) is 1. The number of aromatic nitrogens is 2. The first-order chi connectivity index (χ1) is 18.9. The lowest BCUT2D eigenvalue weighted by molar-refractivity contribution is -0.118. The third-order valence-corrected chi connectivity index (χ3v) is 6.31. The Kier molecular flexibility index (Phi) is 8.83. The summed E-state index contributed by atoms with van der Waals surface area (Å²) in [6, 6.07) is 18.9. The van der Waals surface area contributed by atoms with Crippen molar-refractivity contribution in [2.45, 2.75) is 38.5 Å². The number of rotatable bonds is 12. The van der Waals surface area contributed by atoms with Gasteiger partial charge < -0.3 is 20.9 Å². The van der Waals surface area contributed by atoms with Gasteiger partial charge in [-0.2, -0.15) is 0 Å². The van der Waals surface area contributed by atoms with Crippen LogP contribution in [0.5, 0.6) is 5.75 Å². The SMILES string of the molecule is CCCCCOc1ccccc1C(=O)Nc1nc2ccccc2c(C(CC(N)=O)c2ccccn2)c1C(=O)O. The van der Waals surface area contributed by atoms with Crippen LogP contribution in [0.2, 0.25) is 0 Å². The van der Waals surface area contributed by atoms with Gasteiger partial charge in [-0.05, 0) is 42.3 Å². The molecule has 1 atom stereocenters. The van der Waals surface area contributed by atoms with Crippen LogP contribution in [0.15, 0.2) is 72.9 Å². The van der Waals surface area contributed by atoms with E-state index in [1.165, 1.54) is 0 Å². The van der Waals surface area contributed by atoms with E-state index < -0.39 is 23.7 Å².